The summed E-state index contributed by atoms with van der Waals surface area (Å²) in [5.74, 6) is 1.60. The van der Waals surface area contributed by atoms with Crippen LogP contribution < -0.4 is 15.2 Å². The molecule has 3 rings (SSSR count). The van der Waals surface area contributed by atoms with Crippen LogP contribution in [0.3, 0.4) is 0 Å². The third kappa shape index (κ3) is 2.70. The van der Waals surface area contributed by atoms with Crippen LogP contribution in [0, 0.1) is 5.92 Å². The molecule has 0 radical (unpaired) electrons. The fourth-order valence-electron chi connectivity index (χ4n) is 3.03. The normalized spacial score (nSPS) is 22.2. The lowest BCUT2D eigenvalue weighted by molar-refractivity contribution is -0.135. The summed E-state index contributed by atoms with van der Waals surface area (Å²) in [5, 5.41) is 0. The zero-order valence-electron chi connectivity index (χ0n) is 12.4. The van der Waals surface area contributed by atoms with Gasteiger partial charge in [-0.2, -0.15) is 0 Å². The topological polar surface area (TPSA) is 64.8 Å². The minimum atomic E-state index is -0.122. The van der Waals surface area contributed by atoms with Crippen molar-refractivity contribution in [3.05, 3.63) is 23.8 Å². The molecule has 0 spiro atoms. The number of ether oxygens (including phenoxy) is 2. The third-order valence-electron chi connectivity index (χ3n) is 4.26. The molecular formula is C16H22N2O3. The van der Waals surface area contributed by atoms with Crippen LogP contribution in [-0.2, 0) is 4.79 Å². The van der Waals surface area contributed by atoms with Crippen LogP contribution in [0.4, 0.5) is 0 Å². The van der Waals surface area contributed by atoms with Crippen molar-refractivity contribution >= 4 is 5.91 Å². The van der Waals surface area contributed by atoms with Gasteiger partial charge in [0.25, 0.3) is 0 Å². The van der Waals surface area contributed by atoms with Crippen LogP contribution in [-0.4, -0.2) is 37.1 Å². The van der Waals surface area contributed by atoms with Crippen LogP contribution in [0.5, 0.6) is 11.5 Å². The highest BCUT2D eigenvalue weighted by atomic mass is 16.6. The molecule has 2 unspecified atom stereocenters. The summed E-state index contributed by atoms with van der Waals surface area (Å²) in [6.07, 6.45) is 2.02. The van der Waals surface area contributed by atoms with Gasteiger partial charge in [0.05, 0.1) is 6.04 Å². The van der Waals surface area contributed by atoms with Crippen molar-refractivity contribution < 1.29 is 14.3 Å². The number of hydrogen-bond acceptors (Lipinski definition) is 4. The molecule has 1 aromatic rings. The Bertz CT molecular complexity index is 532. The number of rotatable bonds is 3. The Balaban J connectivity index is 1.83. The summed E-state index contributed by atoms with van der Waals surface area (Å²) < 4.78 is 11.2. The molecule has 21 heavy (non-hydrogen) atoms. The Labute approximate surface area is 125 Å². The van der Waals surface area contributed by atoms with E-state index in [-0.39, 0.29) is 17.9 Å². The number of carbonyl (C=O) groups is 1. The average Bonchev–Trinajstić information content (AvgIpc) is 3.02. The Morgan fingerprint density at radius 2 is 2.14 bits per heavy atom. The van der Waals surface area contributed by atoms with Gasteiger partial charge in [-0.3, -0.25) is 4.79 Å². The minimum Gasteiger partial charge on any atom is -0.486 e. The highest BCUT2D eigenvalue weighted by molar-refractivity contribution is 5.79. The molecule has 5 nitrogen and oxygen atoms in total. The molecular weight excluding hydrogens is 268 g/mol. The number of likely N-dealkylation sites (tertiary alicyclic amines) is 1. The molecule has 1 saturated heterocycles. The summed E-state index contributed by atoms with van der Waals surface area (Å²) in [5.41, 5.74) is 6.75. The third-order valence-corrected chi connectivity index (χ3v) is 4.26. The first-order valence-electron chi connectivity index (χ1n) is 7.61. The van der Waals surface area contributed by atoms with Gasteiger partial charge in [-0.1, -0.05) is 13.0 Å². The second kappa shape index (κ2) is 5.93. The molecule has 0 saturated carbocycles. The van der Waals surface area contributed by atoms with E-state index in [1.807, 2.05) is 30.0 Å². The van der Waals surface area contributed by atoms with Gasteiger partial charge in [-0.25, -0.2) is 0 Å². The first-order chi connectivity index (χ1) is 10.2. The molecule has 0 aromatic heterocycles. The molecule has 5 heteroatoms. The quantitative estimate of drug-likeness (QED) is 0.920. The Morgan fingerprint density at radius 3 is 2.90 bits per heavy atom. The van der Waals surface area contributed by atoms with E-state index in [0.29, 0.717) is 19.8 Å². The molecule has 2 atom stereocenters. The number of nitrogens with two attached hydrogens (primary N) is 1. The van der Waals surface area contributed by atoms with Crippen LogP contribution >= 0.6 is 0 Å². The summed E-state index contributed by atoms with van der Waals surface area (Å²) in [4.78, 5) is 14.4. The van der Waals surface area contributed by atoms with E-state index in [0.717, 1.165) is 36.4 Å². The zero-order valence-corrected chi connectivity index (χ0v) is 12.4. The van der Waals surface area contributed by atoms with E-state index in [4.69, 9.17) is 15.2 Å². The van der Waals surface area contributed by atoms with Gasteiger partial charge in [0.1, 0.15) is 13.2 Å². The maximum atomic E-state index is 12.4. The largest absolute Gasteiger partial charge is 0.486 e. The van der Waals surface area contributed by atoms with Crippen LogP contribution in [0.15, 0.2) is 18.2 Å². The average molecular weight is 290 g/mol. The fraction of sp³-hybridized carbons (Fsp3) is 0.562. The Hall–Kier alpha value is -1.75. The molecule has 1 fully saturated rings. The van der Waals surface area contributed by atoms with E-state index in [9.17, 15) is 4.79 Å². The second-order valence-corrected chi connectivity index (χ2v) is 5.73. The molecule has 0 bridgehead atoms. The monoisotopic (exact) mass is 290 g/mol. The molecule has 2 aliphatic rings. The number of carbonyl (C=O) groups excluding carboxylic acids is 1. The van der Waals surface area contributed by atoms with E-state index in [1.165, 1.54) is 0 Å². The van der Waals surface area contributed by atoms with Crippen molar-refractivity contribution in [2.24, 2.45) is 11.7 Å². The van der Waals surface area contributed by atoms with Crippen molar-refractivity contribution in [2.75, 3.05) is 26.3 Å². The summed E-state index contributed by atoms with van der Waals surface area (Å²) in [7, 11) is 0. The maximum absolute atomic E-state index is 12.4. The number of nitrogens with zero attached hydrogens (tertiary/aromatic N) is 1. The number of hydrogen-bond donors (Lipinski definition) is 1. The lowest BCUT2D eigenvalue weighted by atomic mass is 10.0. The summed E-state index contributed by atoms with van der Waals surface area (Å²) in [6.45, 7) is 4.26. The second-order valence-electron chi connectivity index (χ2n) is 5.73. The highest BCUT2D eigenvalue weighted by Gasteiger charge is 2.32. The molecule has 0 aliphatic carbocycles. The first-order valence-corrected chi connectivity index (χ1v) is 7.61. The van der Waals surface area contributed by atoms with Gasteiger partial charge < -0.3 is 20.1 Å². The molecule has 2 aliphatic heterocycles. The van der Waals surface area contributed by atoms with Gasteiger partial charge in [0.15, 0.2) is 11.5 Å². The van der Waals surface area contributed by atoms with Crippen molar-refractivity contribution in [3.8, 4) is 11.5 Å². The van der Waals surface area contributed by atoms with Gasteiger partial charge in [-0.15, -0.1) is 0 Å². The standard InChI is InChI=1S/C16H22N2O3/c1-11(10-17)16(19)18-6-2-3-13(18)12-4-5-14-15(9-12)21-8-7-20-14/h4-5,9,11,13H,2-3,6-8,10,17H2,1H3. The van der Waals surface area contributed by atoms with Crippen molar-refractivity contribution in [1.29, 1.82) is 0 Å². The van der Waals surface area contributed by atoms with Gasteiger partial charge in [-0.05, 0) is 30.5 Å². The lowest BCUT2D eigenvalue weighted by Gasteiger charge is -2.28. The zero-order chi connectivity index (χ0) is 14.8. The Morgan fingerprint density at radius 1 is 1.38 bits per heavy atom. The van der Waals surface area contributed by atoms with Gasteiger partial charge in [0.2, 0.25) is 5.91 Å². The maximum Gasteiger partial charge on any atom is 0.227 e. The number of benzene rings is 1. The SMILES string of the molecule is CC(CN)C(=O)N1CCCC1c1ccc2c(c1)OCCO2. The van der Waals surface area contributed by atoms with Crippen molar-refractivity contribution in [1.82, 2.24) is 4.90 Å². The predicted octanol–water partition coefficient (Wildman–Crippen LogP) is 1.72. The molecule has 2 heterocycles. The van der Waals surface area contributed by atoms with Crippen LogP contribution in [0.2, 0.25) is 0 Å². The van der Waals surface area contributed by atoms with E-state index < -0.39 is 0 Å². The smallest absolute Gasteiger partial charge is 0.227 e. The Kier molecular flexibility index (Phi) is 4.01. The fourth-order valence-corrected chi connectivity index (χ4v) is 3.03. The first kappa shape index (κ1) is 14.2. The van der Waals surface area contributed by atoms with Crippen LogP contribution in [0.25, 0.3) is 0 Å². The van der Waals surface area contributed by atoms with Crippen molar-refractivity contribution in [3.63, 3.8) is 0 Å². The molecule has 1 amide bonds. The van der Waals surface area contributed by atoms with E-state index in [1.54, 1.807) is 0 Å². The van der Waals surface area contributed by atoms with E-state index >= 15 is 0 Å². The lowest BCUT2D eigenvalue weighted by Crippen LogP contribution is -2.37. The van der Waals surface area contributed by atoms with Crippen LogP contribution in [0.1, 0.15) is 31.4 Å². The van der Waals surface area contributed by atoms with Gasteiger partial charge in [0, 0.05) is 19.0 Å². The predicted molar refractivity (Wildman–Crippen MR) is 79.3 cm³/mol. The summed E-state index contributed by atoms with van der Waals surface area (Å²) in [6, 6.07) is 6.12. The van der Waals surface area contributed by atoms with Crippen molar-refractivity contribution in [2.45, 2.75) is 25.8 Å². The molecule has 1 aromatic carbocycles. The summed E-state index contributed by atoms with van der Waals surface area (Å²) >= 11 is 0. The molecule has 114 valence electrons. The van der Waals surface area contributed by atoms with Gasteiger partial charge >= 0.3 is 0 Å². The minimum absolute atomic E-state index is 0.122. The van der Waals surface area contributed by atoms with E-state index in [2.05, 4.69) is 0 Å². The number of amides is 1. The highest BCUT2D eigenvalue weighted by Crippen LogP contribution is 2.38. The number of fused-ring (bicyclic) bond motifs is 1. The molecule has 2 N–H and O–H groups in total.